The number of fused-ring (bicyclic) bond motifs is 3. The average molecular weight is 357 g/mol. The number of unbranched alkanes of at least 4 members (excludes halogenated alkanes) is 1. The first kappa shape index (κ1) is 17.6. The normalized spacial score (nSPS) is 12.6. The molecule has 0 saturated carbocycles. The third kappa shape index (κ3) is 3.18. The monoisotopic (exact) mass is 357 g/mol. The molecule has 1 atom stereocenters. The van der Waals surface area contributed by atoms with E-state index < -0.39 is 6.04 Å². The number of carbonyl (C=O) groups is 1. The zero-order valence-electron chi connectivity index (χ0n) is 14.8. The van der Waals surface area contributed by atoms with Gasteiger partial charge in [-0.05, 0) is 25.8 Å². The number of carbonyl (C=O) groups excluding carboxylic acids is 1. The smallest absolute Gasteiger partial charge is 0.276 e. The number of thiophene rings is 1. The molecule has 0 spiro atoms. The fourth-order valence-corrected chi connectivity index (χ4v) is 4.20. The van der Waals surface area contributed by atoms with Crippen molar-refractivity contribution >= 4 is 37.4 Å². The molecule has 0 aliphatic heterocycles. The largest absolute Gasteiger partial charge is 0.354 e. The van der Waals surface area contributed by atoms with Gasteiger partial charge in [0.2, 0.25) is 5.91 Å². The van der Waals surface area contributed by atoms with E-state index in [-0.39, 0.29) is 11.5 Å². The molecule has 3 rings (SSSR count). The van der Waals surface area contributed by atoms with E-state index in [1.54, 1.807) is 11.3 Å². The van der Waals surface area contributed by atoms with Gasteiger partial charge < -0.3 is 5.32 Å². The number of hydrogen-bond acceptors (Lipinski definition) is 4. The van der Waals surface area contributed by atoms with Crippen molar-refractivity contribution < 1.29 is 4.79 Å². The van der Waals surface area contributed by atoms with Gasteiger partial charge in [0.25, 0.3) is 5.56 Å². The third-order valence-electron chi connectivity index (χ3n) is 4.42. The summed E-state index contributed by atoms with van der Waals surface area (Å²) in [4.78, 5) is 25.7. The molecule has 0 bridgehead atoms. The van der Waals surface area contributed by atoms with E-state index in [0.29, 0.717) is 18.4 Å². The van der Waals surface area contributed by atoms with Crippen LogP contribution in [0.5, 0.6) is 0 Å². The Balaban J connectivity index is 2.12. The number of hydrogen-bond donors (Lipinski definition) is 1. The maximum absolute atomic E-state index is 13.1. The van der Waals surface area contributed by atoms with Crippen molar-refractivity contribution in [2.24, 2.45) is 0 Å². The molecule has 132 valence electrons. The third-order valence-corrected chi connectivity index (χ3v) is 5.70. The number of nitrogens with one attached hydrogen (secondary N) is 1. The lowest BCUT2D eigenvalue weighted by molar-refractivity contribution is -0.124. The molecule has 3 aromatic rings. The molecular formula is C19H23N3O2S. The van der Waals surface area contributed by atoms with Crippen molar-refractivity contribution in [1.82, 2.24) is 15.1 Å². The molecule has 0 fully saturated rings. The van der Waals surface area contributed by atoms with Crippen LogP contribution < -0.4 is 10.9 Å². The first-order valence-corrected chi connectivity index (χ1v) is 9.58. The quantitative estimate of drug-likeness (QED) is 0.683. The highest BCUT2D eigenvalue weighted by molar-refractivity contribution is 7.26. The molecule has 0 radical (unpaired) electrons. The molecule has 0 aliphatic carbocycles. The van der Waals surface area contributed by atoms with E-state index in [2.05, 4.69) is 17.3 Å². The maximum Gasteiger partial charge on any atom is 0.276 e. The predicted molar refractivity (Wildman–Crippen MR) is 103 cm³/mol. The molecule has 2 heterocycles. The first-order valence-electron chi connectivity index (χ1n) is 8.76. The molecule has 1 N–H and O–H groups in total. The molecule has 0 aliphatic rings. The van der Waals surface area contributed by atoms with E-state index >= 15 is 0 Å². The van der Waals surface area contributed by atoms with Gasteiger partial charge in [0.05, 0.1) is 15.8 Å². The Hall–Kier alpha value is -2.21. The Bertz CT molecular complexity index is 974. The number of amides is 1. The zero-order chi connectivity index (χ0) is 18.0. The van der Waals surface area contributed by atoms with E-state index in [1.165, 1.54) is 4.68 Å². The van der Waals surface area contributed by atoms with Crippen LogP contribution in [0.4, 0.5) is 0 Å². The van der Waals surface area contributed by atoms with Crippen LogP contribution in [0.2, 0.25) is 0 Å². The second kappa shape index (κ2) is 7.35. The minimum absolute atomic E-state index is 0.135. The molecule has 25 heavy (non-hydrogen) atoms. The van der Waals surface area contributed by atoms with Crippen LogP contribution in [0.1, 0.15) is 44.8 Å². The summed E-state index contributed by atoms with van der Waals surface area (Å²) in [5.74, 6) is -0.135. The van der Waals surface area contributed by atoms with Gasteiger partial charge in [-0.15, -0.1) is 11.3 Å². The van der Waals surface area contributed by atoms with Gasteiger partial charge in [-0.1, -0.05) is 38.5 Å². The van der Waals surface area contributed by atoms with Gasteiger partial charge in [-0.2, -0.15) is 5.10 Å². The first-order chi connectivity index (χ1) is 12.1. The van der Waals surface area contributed by atoms with E-state index in [4.69, 9.17) is 0 Å². The van der Waals surface area contributed by atoms with Crippen molar-refractivity contribution in [1.29, 1.82) is 0 Å². The second-order valence-corrected chi connectivity index (χ2v) is 7.26. The lowest BCUT2D eigenvalue weighted by Crippen LogP contribution is -2.39. The minimum Gasteiger partial charge on any atom is -0.354 e. The number of nitrogens with zero attached hydrogens (tertiary/aromatic N) is 2. The Morgan fingerprint density at radius 1 is 1.32 bits per heavy atom. The van der Waals surface area contributed by atoms with E-state index in [9.17, 15) is 9.59 Å². The Morgan fingerprint density at radius 2 is 2.08 bits per heavy atom. The molecule has 1 amide bonds. The fourth-order valence-electron chi connectivity index (χ4n) is 3.07. The second-order valence-electron chi connectivity index (χ2n) is 6.21. The lowest BCUT2D eigenvalue weighted by atomic mass is 10.1. The topological polar surface area (TPSA) is 64.0 Å². The summed E-state index contributed by atoms with van der Waals surface area (Å²) in [7, 11) is 0. The Morgan fingerprint density at radius 3 is 2.80 bits per heavy atom. The molecular weight excluding hydrogens is 334 g/mol. The lowest BCUT2D eigenvalue weighted by Gasteiger charge is -2.17. The van der Waals surface area contributed by atoms with Gasteiger partial charge >= 0.3 is 0 Å². The van der Waals surface area contributed by atoms with Gasteiger partial charge in [0.1, 0.15) is 6.04 Å². The fraction of sp³-hybridized carbons (Fsp3) is 0.421. The summed E-state index contributed by atoms with van der Waals surface area (Å²) >= 11 is 1.58. The summed E-state index contributed by atoms with van der Waals surface area (Å²) in [6.07, 6.45) is 2.47. The summed E-state index contributed by atoms with van der Waals surface area (Å²) in [6, 6.07) is 7.29. The highest BCUT2D eigenvalue weighted by Gasteiger charge is 2.23. The Labute approximate surface area is 150 Å². The number of rotatable bonds is 6. The van der Waals surface area contributed by atoms with Crippen LogP contribution in [-0.2, 0) is 4.79 Å². The van der Waals surface area contributed by atoms with Crippen molar-refractivity contribution in [3.63, 3.8) is 0 Å². The van der Waals surface area contributed by atoms with Crippen LogP contribution in [0, 0.1) is 6.92 Å². The molecule has 2 aromatic heterocycles. The summed E-state index contributed by atoms with van der Waals surface area (Å²) < 4.78 is 3.35. The predicted octanol–water partition coefficient (Wildman–Crippen LogP) is 3.79. The van der Waals surface area contributed by atoms with Gasteiger partial charge in [-0.3, -0.25) is 9.59 Å². The van der Waals surface area contributed by atoms with E-state index in [0.717, 1.165) is 33.3 Å². The summed E-state index contributed by atoms with van der Waals surface area (Å²) in [5.41, 5.74) is 0.603. The van der Waals surface area contributed by atoms with Gasteiger partial charge in [0.15, 0.2) is 0 Å². The van der Waals surface area contributed by atoms with Crippen LogP contribution >= 0.6 is 11.3 Å². The SMILES string of the molecule is CCCCNC(=O)[C@H](CC)n1nc(C)c2sc3ccccc3c2c1=O. The number of aryl methyl sites for hydroxylation is 1. The zero-order valence-corrected chi connectivity index (χ0v) is 15.7. The number of benzene rings is 1. The molecule has 6 heteroatoms. The van der Waals surface area contributed by atoms with Gasteiger partial charge in [0, 0.05) is 16.6 Å². The minimum atomic E-state index is -0.578. The Kier molecular flexibility index (Phi) is 5.18. The average Bonchev–Trinajstić information content (AvgIpc) is 3.00. The van der Waals surface area contributed by atoms with Crippen molar-refractivity contribution in [3.8, 4) is 0 Å². The van der Waals surface area contributed by atoms with Crippen molar-refractivity contribution in [3.05, 3.63) is 40.3 Å². The van der Waals surface area contributed by atoms with Crippen LogP contribution in [0.3, 0.4) is 0 Å². The standard InChI is InChI=1S/C19H23N3O2S/c1-4-6-11-20-18(23)14(5-2)22-19(24)16-13-9-7-8-10-15(13)25-17(16)12(3)21-22/h7-10,14H,4-6,11H2,1-3H3,(H,20,23)/t14-/m0/s1. The maximum atomic E-state index is 13.1. The molecule has 5 nitrogen and oxygen atoms in total. The molecule has 0 unspecified atom stereocenters. The highest BCUT2D eigenvalue weighted by atomic mass is 32.1. The highest BCUT2D eigenvalue weighted by Crippen LogP contribution is 2.33. The molecule has 1 aromatic carbocycles. The van der Waals surface area contributed by atoms with Crippen LogP contribution in [-0.4, -0.2) is 22.2 Å². The van der Waals surface area contributed by atoms with Crippen molar-refractivity contribution in [2.45, 2.75) is 46.1 Å². The van der Waals surface area contributed by atoms with Crippen LogP contribution in [0.25, 0.3) is 20.2 Å². The summed E-state index contributed by atoms with van der Waals surface area (Å²) in [5, 5.41) is 9.01. The molecule has 0 saturated heterocycles. The van der Waals surface area contributed by atoms with E-state index in [1.807, 2.05) is 38.1 Å². The van der Waals surface area contributed by atoms with Crippen molar-refractivity contribution in [2.75, 3.05) is 6.54 Å². The van der Waals surface area contributed by atoms with Gasteiger partial charge in [-0.25, -0.2) is 4.68 Å². The summed E-state index contributed by atoms with van der Waals surface area (Å²) in [6.45, 7) is 6.51. The van der Waals surface area contributed by atoms with Crippen LogP contribution in [0.15, 0.2) is 29.1 Å². The number of aromatic nitrogens is 2.